The Morgan fingerprint density at radius 2 is 2.12 bits per heavy atom. The van der Waals surface area contributed by atoms with Crippen LogP contribution < -0.4 is 5.73 Å². The van der Waals surface area contributed by atoms with Gasteiger partial charge < -0.3 is 10.6 Å². The molecule has 1 fully saturated rings. The Balaban J connectivity index is 1.78. The quantitative estimate of drug-likeness (QED) is 0.864. The SMILES string of the molecule is C[C@@H](CCN1CCC[C@@H](N)C1)c1ccccc1. The molecule has 1 aromatic carbocycles. The lowest BCUT2D eigenvalue weighted by Gasteiger charge is -2.31. The van der Waals surface area contributed by atoms with Crippen LogP contribution in [0.15, 0.2) is 30.3 Å². The third-order valence-corrected chi connectivity index (χ3v) is 3.79. The lowest BCUT2D eigenvalue weighted by molar-refractivity contribution is 0.203. The Morgan fingerprint density at radius 1 is 1.35 bits per heavy atom. The summed E-state index contributed by atoms with van der Waals surface area (Å²) >= 11 is 0. The van der Waals surface area contributed by atoms with Crippen molar-refractivity contribution in [2.24, 2.45) is 5.73 Å². The molecule has 1 aliphatic rings. The van der Waals surface area contributed by atoms with E-state index >= 15 is 0 Å². The van der Waals surface area contributed by atoms with Crippen molar-refractivity contribution in [1.82, 2.24) is 4.90 Å². The Bertz CT molecular complexity index is 323. The van der Waals surface area contributed by atoms with Gasteiger partial charge in [-0.3, -0.25) is 0 Å². The summed E-state index contributed by atoms with van der Waals surface area (Å²) in [7, 11) is 0. The number of likely N-dealkylation sites (tertiary alicyclic amines) is 1. The first kappa shape index (κ1) is 12.6. The van der Waals surface area contributed by atoms with Gasteiger partial charge in [-0.25, -0.2) is 0 Å². The molecule has 0 unspecified atom stereocenters. The Hall–Kier alpha value is -0.860. The molecule has 2 atom stereocenters. The third-order valence-electron chi connectivity index (χ3n) is 3.79. The van der Waals surface area contributed by atoms with Crippen LogP contribution in [-0.2, 0) is 0 Å². The largest absolute Gasteiger partial charge is 0.327 e. The van der Waals surface area contributed by atoms with Crippen LogP contribution in [0.1, 0.15) is 37.7 Å². The van der Waals surface area contributed by atoms with E-state index in [2.05, 4.69) is 42.2 Å². The fraction of sp³-hybridized carbons (Fsp3) is 0.600. The van der Waals surface area contributed by atoms with Crippen molar-refractivity contribution in [3.05, 3.63) is 35.9 Å². The number of hydrogen-bond donors (Lipinski definition) is 1. The van der Waals surface area contributed by atoms with Crippen LogP contribution in [0.4, 0.5) is 0 Å². The lowest BCUT2D eigenvalue weighted by atomic mass is 9.97. The van der Waals surface area contributed by atoms with E-state index in [-0.39, 0.29) is 0 Å². The van der Waals surface area contributed by atoms with Gasteiger partial charge in [0.1, 0.15) is 0 Å². The van der Waals surface area contributed by atoms with Crippen molar-refractivity contribution in [1.29, 1.82) is 0 Å². The van der Waals surface area contributed by atoms with Gasteiger partial charge in [-0.15, -0.1) is 0 Å². The molecule has 2 heteroatoms. The van der Waals surface area contributed by atoms with Gasteiger partial charge >= 0.3 is 0 Å². The Kier molecular flexibility index (Phi) is 4.57. The first-order valence-corrected chi connectivity index (χ1v) is 6.78. The molecule has 1 heterocycles. The molecule has 0 saturated carbocycles. The van der Waals surface area contributed by atoms with Crippen LogP contribution in [0, 0.1) is 0 Å². The normalized spacial score (nSPS) is 23.5. The summed E-state index contributed by atoms with van der Waals surface area (Å²) in [6, 6.07) is 11.2. The van der Waals surface area contributed by atoms with E-state index in [9.17, 15) is 0 Å². The summed E-state index contributed by atoms with van der Waals surface area (Å²) in [5, 5.41) is 0. The number of nitrogens with zero attached hydrogens (tertiary/aromatic N) is 1. The minimum atomic E-state index is 0.399. The van der Waals surface area contributed by atoms with Gasteiger partial charge in [-0.2, -0.15) is 0 Å². The topological polar surface area (TPSA) is 29.3 Å². The average molecular weight is 232 g/mol. The average Bonchev–Trinajstić information content (AvgIpc) is 2.37. The molecule has 17 heavy (non-hydrogen) atoms. The van der Waals surface area contributed by atoms with Crippen LogP contribution in [0.5, 0.6) is 0 Å². The zero-order valence-electron chi connectivity index (χ0n) is 10.8. The minimum absolute atomic E-state index is 0.399. The van der Waals surface area contributed by atoms with Gasteiger partial charge in [-0.1, -0.05) is 37.3 Å². The zero-order chi connectivity index (χ0) is 12.1. The molecule has 0 aromatic heterocycles. The standard InChI is InChI=1S/C15H24N2/c1-13(14-6-3-2-4-7-14)9-11-17-10-5-8-15(16)12-17/h2-4,6-7,13,15H,5,8-12,16H2,1H3/t13-,15+/m0/s1. The molecule has 0 radical (unpaired) electrons. The first-order valence-electron chi connectivity index (χ1n) is 6.78. The van der Waals surface area contributed by atoms with Crippen molar-refractivity contribution in [2.45, 2.75) is 38.1 Å². The molecule has 0 aliphatic carbocycles. The number of piperidine rings is 1. The van der Waals surface area contributed by atoms with Crippen molar-refractivity contribution >= 4 is 0 Å². The molecule has 1 saturated heterocycles. The van der Waals surface area contributed by atoms with Gasteiger partial charge in [0.2, 0.25) is 0 Å². The summed E-state index contributed by atoms with van der Waals surface area (Å²) < 4.78 is 0. The van der Waals surface area contributed by atoms with Crippen molar-refractivity contribution in [3.8, 4) is 0 Å². The van der Waals surface area contributed by atoms with Crippen molar-refractivity contribution < 1.29 is 0 Å². The molecule has 0 spiro atoms. The summed E-state index contributed by atoms with van der Waals surface area (Å²) in [6.07, 6.45) is 3.70. The predicted molar refractivity (Wildman–Crippen MR) is 73.1 cm³/mol. The fourth-order valence-corrected chi connectivity index (χ4v) is 2.62. The van der Waals surface area contributed by atoms with Crippen LogP contribution in [0.3, 0.4) is 0 Å². The summed E-state index contributed by atoms with van der Waals surface area (Å²) in [5.41, 5.74) is 7.45. The highest BCUT2D eigenvalue weighted by Gasteiger charge is 2.17. The molecule has 94 valence electrons. The maximum atomic E-state index is 6.00. The smallest absolute Gasteiger partial charge is 0.0168 e. The predicted octanol–water partition coefficient (Wildman–Crippen LogP) is 2.60. The van der Waals surface area contributed by atoms with Gasteiger partial charge in [-0.05, 0) is 43.8 Å². The second kappa shape index (κ2) is 6.18. The van der Waals surface area contributed by atoms with Gasteiger partial charge in [0, 0.05) is 12.6 Å². The first-order chi connectivity index (χ1) is 8.25. The number of rotatable bonds is 4. The molecular formula is C15H24N2. The van der Waals surface area contributed by atoms with Gasteiger partial charge in [0.25, 0.3) is 0 Å². The van der Waals surface area contributed by atoms with Crippen LogP contribution in [0.25, 0.3) is 0 Å². The zero-order valence-corrected chi connectivity index (χ0v) is 10.8. The van der Waals surface area contributed by atoms with E-state index in [1.165, 1.54) is 37.9 Å². The fourth-order valence-electron chi connectivity index (χ4n) is 2.62. The van der Waals surface area contributed by atoms with Crippen molar-refractivity contribution in [2.75, 3.05) is 19.6 Å². The molecule has 2 N–H and O–H groups in total. The van der Waals surface area contributed by atoms with Gasteiger partial charge in [0.05, 0.1) is 0 Å². The summed E-state index contributed by atoms with van der Waals surface area (Å²) in [4.78, 5) is 2.52. The van der Waals surface area contributed by atoms with Crippen LogP contribution in [0.2, 0.25) is 0 Å². The van der Waals surface area contributed by atoms with Crippen LogP contribution in [-0.4, -0.2) is 30.6 Å². The van der Waals surface area contributed by atoms with E-state index in [0.717, 1.165) is 6.54 Å². The second-order valence-electron chi connectivity index (χ2n) is 5.30. The highest BCUT2D eigenvalue weighted by atomic mass is 15.1. The maximum Gasteiger partial charge on any atom is 0.0168 e. The summed E-state index contributed by atoms with van der Waals surface area (Å²) in [5.74, 6) is 0.648. The van der Waals surface area contributed by atoms with E-state index < -0.39 is 0 Å². The van der Waals surface area contributed by atoms with Gasteiger partial charge in [0.15, 0.2) is 0 Å². The van der Waals surface area contributed by atoms with E-state index in [0.29, 0.717) is 12.0 Å². The second-order valence-corrected chi connectivity index (χ2v) is 5.30. The highest BCUT2D eigenvalue weighted by Crippen LogP contribution is 2.19. The van der Waals surface area contributed by atoms with Crippen LogP contribution >= 0.6 is 0 Å². The van der Waals surface area contributed by atoms with E-state index in [1.54, 1.807) is 0 Å². The highest BCUT2D eigenvalue weighted by molar-refractivity contribution is 5.18. The molecule has 0 bridgehead atoms. The Morgan fingerprint density at radius 3 is 2.82 bits per heavy atom. The Labute approximate surface area is 105 Å². The summed E-state index contributed by atoms with van der Waals surface area (Å²) in [6.45, 7) is 5.82. The lowest BCUT2D eigenvalue weighted by Crippen LogP contribution is -2.43. The molecule has 1 aromatic rings. The van der Waals surface area contributed by atoms with Crippen molar-refractivity contribution in [3.63, 3.8) is 0 Å². The minimum Gasteiger partial charge on any atom is -0.327 e. The maximum absolute atomic E-state index is 6.00. The third kappa shape index (κ3) is 3.83. The number of benzene rings is 1. The number of hydrogen-bond acceptors (Lipinski definition) is 2. The molecule has 2 nitrogen and oxygen atoms in total. The molecule has 2 rings (SSSR count). The molecule has 1 aliphatic heterocycles. The molecular weight excluding hydrogens is 208 g/mol. The monoisotopic (exact) mass is 232 g/mol. The van der Waals surface area contributed by atoms with E-state index in [1.807, 2.05) is 0 Å². The van der Waals surface area contributed by atoms with E-state index in [4.69, 9.17) is 5.73 Å². The number of nitrogens with two attached hydrogens (primary N) is 1. The molecule has 0 amide bonds.